The van der Waals surface area contributed by atoms with Crippen molar-refractivity contribution in [2.75, 3.05) is 12.4 Å². The molecular weight excluding hydrogens is 168 g/mol. The monoisotopic (exact) mass is 176 g/mol. The van der Waals surface area contributed by atoms with Crippen molar-refractivity contribution in [2.45, 2.75) is 17.2 Å². The number of halogens is 1. The number of terminal acetylenes is 1. The molecule has 2 unspecified atom stereocenters. The van der Waals surface area contributed by atoms with Crippen molar-refractivity contribution in [1.29, 1.82) is 0 Å². The summed E-state index contributed by atoms with van der Waals surface area (Å²) < 4.78 is 5.26. The maximum absolute atomic E-state index is 5.90. The highest BCUT2D eigenvalue weighted by atomic mass is 35.5. The normalized spacial score (nSPS) is 32.0. The number of thioether (sulfide) groups is 1. The fourth-order valence-electron chi connectivity index (χ4n) is 0.820. The van der Waals surface area contributed by atoms with Gasteiger partial charge in [0.25, 0.3) is 0 Å². The van der Waals surface area contributed by atoms with Gasteiger partial charge in [-0.05, 0) is 12.2 Å². The van der Waals surface area contributed by atoms with E-state index in [9.17, 15) is 0 Å². The van der Waals surface area contributed by atoms with Crippen LogP contribution < -0.4 is 0 Å². The van der Waals surface area contributed by atoms with E-state index in [1.807, 2.05) is 0 Å². The van der Waals surface area contributed by atoms with Crippen molar-refractivity contribution in [3.63, 3.8) is 0 Å². The molecule has 0 radical (unpaired) electrons. The van der Waals surface area contributed by atoms with Crippen LogP contribution in [0.2, 0.25) is 0 Å². The van der Waals surface area contributed by atoms with E-state index < -0.39 is 0 Å². The molecule has 0 saturated carbocycles. The Labute approximate surface area is 70.5 Å². The Morgan fingerprint density at radius 2 is 2.60 bits per heavy atom. The van der Waals surface area contributed by atoms with Crippen molar-refractivity contribution >= 4 is 23.4 Å². The van der Waals surface area contributed by atoms with Gasteiger partial charge in [0.15, 0.2) is 0 Å². The molecule has 1 fully saturated rings. The molecule has 0 bridgehead atoms. The van der Waals surface area contributed by atoms with E-state index in [1.54, 1.807) is 11.8 Å². The summed E-state index contributed by atoms with van der Waals surface area (Å²) in [5, 5.41) is 0.151. The van der Waals surface area contributed by atoms with E-state index in [2.05, 4.69) is 5.92 Å². The van der Waals surface area contributed by atoms with Gasteiger partial charge in [-0.2, -0.15) is 0 Å². The second-order valence-electron chi connectivity index (χ2n) is 2.06. The molecule has 1 aliphatic rings. The molecule has 0 aromatic rings. The predicted octanol–water partition coefficient (Wildman–Crippen LogP) is 1.71. The lowest BCUT2D eigenvalue weighted by atomic mass is 10.3. The van der Waals surface area contributed by atoms with E-state index in [-0.39, 0.29) is 10.8 Å². The van der Waals surface area contributed by atoms with Crippen LogP contribution in [0.25, 0.3) is 0 Å². The first-order valence-electron chi connectivity index (χ1n) is 3.15. The summed E-state index contributed by atoms with van der Waals surface area (Å²) in [5.74, 6) is 3.51. The molecule has 0 aliphatic carbocycles. The molecule has 0 aromatic heterocycles. The van der Waals surface area contributed by atoms with E-state index in [1.165, 1.54) is 0 Å². The van der Waals surface area contributed by atoms with Gasteiger partial charge in [0, 0.05) is 0 Å². The minimum absolute atomic E-state index is 0.123. The first kappa shape index (κ1) is 8.26. The Balaban J connectivity index is 2.21. The standard InChI is InChI=1S/C7H9ClOS/c1-2-4-9-7-6(8)3-5-10-7/h1,6-7H,3-5H2. The van der Waals surface area contributed by atoms with Crippen LogP contribution in [0.3, 0.4) is 0 Å². The van der Waals surface area contributed by atoms with Gasteiger partial charge in [0.05, 0.1) is 5.38 Å². The smallest absolute Gasteiger partial charge is 0.120 e. The number of ether oxygens (including phenoxy) is 1. The van der Waals surface area contributed by atoms with E-state index >= 15 is 0 Å². The lowest BCUT2D eigenvalue weighted by molar-refractivity contribution is 0.144. The van der Waals surface area contributed by atoms with Crippen molar-refractivity contribution in [1.82, 2.24) is 0 Å². The molecule has 1 nitrogen and oxygen atoms in total. The highest BCUT2D eigenvalue weighted by Crippen LogP contribution is 2.31. The summed E-state index contributed by atoms with van der Waals surface area (Å²) in [6.07, 6.45) is 6.05. The van der Waals surface area contributed by atoms with Gasteiger partial charge in [-0.25, -0.2) is 0 Å². The van der Waals surface area contributed by atoms with Crippen LogP contribution in [-0.4, -0.2) is 23.2 Å². The van der Waals surface area contributed by atoms with Gasteiger partial charge in [0.2, 0.25) is 0 Å². The zero-order valence-corrected chi connectivity index (χ0v) is 7.12. The van der Waals surface area contributed by atoms with Crippen molar-refractivity contribution in [3.8, 4) is 12.3 Å². The Morgan fingerprint density at radius 3 is 3.10 bits per heavy atom. The number of hydrogen-bond acceptors (Lipinski definition) is 2. The summed E-state index contributed by atoms with van der Waals surface area (Å²) in [6.45, 7) is 0.376. The molecule has 10 heavy (non-hydrogen) atoms. The second-order valence-corrected chi connectivity index (χ2v) is 3.83. The fraction of sp³-hybridized carbons (Fsp3) is 0.714. The molecule has 0 spiro atoms. The third-order valence-electron chi connectivity index (χ3n) is 1.30. The number of rotatable bonds is 2. The minimum Gasteiger partial charge on any atom is -0.353 e. The lowest BCUT2D eigenvalue weighted by Crippen LogP contribution is -2.15. The summed E-state index contributed by atoms with van der Waals surface area (Å²) in [6, 6.07) is 0. The third kappa shape index (κ3) is 2.09. The molecule has 3 heteroatoms. The van der Waals surface area contributed by atoms with Crippen LogP contribution in [-0.2, 0) is 4.74 Å². The Bertz CT molecular complexity index is 143. The maximum Gasteiger partial charge on any atom is 0.120 e. The molecule has 0 N–H and O–H groups in total. The van der Waals surface area contributed by atoms with Crippen LogP contribution in [0.4, 0.5) is 0 Å². The highest BCUT2D eigenvalue weighted by Gasteiger charge is 2.26. The van der Waals surface area contributed by atoms with Gasteiger partial charge in [-0.3, -0.25) is 0 Å². The summed E-state index contributed by atoms with van der Waals surface area (Å²) in [4.78, 5) is 0. The first-order chi connectivity index (χ1) is 4.84. The van der Waals surface area contributed by atoms with Crippen molar-refractivity contribution in [2.24, 2.45) is 0 Å². The van der Waals surface area contributed by atoms with Gasteiger partial charge in [-0.1, -0.05) is 5.92 Å². The van der Waals surface area contributed by atoms with Crippen molar-refractivity contribution in [3.05, 3.63) is 0 Å². The molecule has 1 rings (SSSR count). The predicted molar refractivity (Wildman–Crippen MR) is 45.3 cm³/mol. The van der Waals surface area contributed by atoms with E-state index in [4.69, 9.17) is 22.8 Å². The molecular formula is C7H9ClOS. The average molecular weight is 177 g/mol. The zero-order chi connectivity index (χ0) is 7.40. The molecule has 56 valence electrons. The molecule has 0 aromatic carbocycles. The lowest BCUT2D eigenvalue weighted by Gasteiger charge is -2.10. The zero-order valence-electron chi connectivity index (χ0n) is 5.55. The first-order valence-corrected chi connectivity index (χ1v) is 4.64. The second kappa shape index (κ2) is 4.12. The maximum atomic E-state index is 5.90. The van der Waals surface area contributed by atoms with Gasteiger partial charge >= 0.3 is 0 Å². The summed E-state index contributed by atoms with van der Waals surface area (Å²) >= 11 is 7.64. The molecule has 1 aliphatic heterocycles. The van der Waals surface area contributed by atoms with Crippen LogP contribution in [0.1, 0.15) is 6.42 Å². The van der Waals surface area contributed by atoms with Crippen LogP contribution in [0.15, 0.2) is 0 Å². The quantitative estimate of drug-likeness (QED) is 0.468. The van der Waals surface area contributed by atoms with Gasteiger partial charge in [-0.15, -0.1) is 29.8 Å². The molecule has 1 saturated heterocycles. The van der Waals surface area contributed by atoms with E-state index in [0.29, 0.717) is 6.61 Å². The van der Waals surface area contributed by atoms with E-state index in [0.717, 1.165) is 12.2 Å². The molecule has 1 heterocycles. The Kier molecular flexibility index (Phi) is 3.41. The number of alkyl halides is 1. The third-order valence-corrected chi connectivity index (χ3v) is 3.16. The van der Waals surface area contributed by atoms with Crippen LogP contribution in [0.5, 0.6) is 0 Å². The fourth-order valence-corrected chi connectivity index (χ4v) is 2.48. The van der Waals surface area contributed by atoms with Gasteiger partial charge < -0.3 is 4.74 Å². The Morgan fingerprint density at radius 1 is 1.80 bits per heavy atom. The summed E-state index contributed by atoms with van der Waals surface area (Å²) in [5.41, 5.74) is 0.123. The van der Waals surface area contributed by atoms with Crippen LogP contribution >= 0.6 is 23.4 Å². The van der Waals surface area contributed by atoms with Crippen molar-refractivity contribution < 1.29 is 4.74 Å². The van der Waals surface area contributed by atoms with Crippen LogP contribution in [0, 0.1) is 12.3 Å². The topological polar surface area (TPSA) is 9.23 Å². The Hall–Kier alpha value is 0.160. The minimum atomic E-state index is 0.123. The largest absolute Gasteiger partial charge is 0.353 e. The van der Waals surface area contributed by atoms with Gasteiger partial charge in [0.1, 0.15) is 12.0 Å². The number of hydrogen-bond donors (Lipinski definition) is 0. The molecule has 2 atom stereocenters. The highest BCUT2D eigenvalue weighted by molar-refractivity contribution is 8.00. The molecule has 0 amide bonds. The SMILES string of the molecule is C#CCOC1SCCC1Cl. The summed E-state index contributed by atoms with van der Waals surface area (Å²) in [7, 11) is 0. The average Bonchev–Trinajstić information content (AvgIpc) is 2.31.